The smallest absolute Gasteiger partial charge is 0.0344 e. The summed E-state index contributed by atoms with van der Waals surface area (Å²) >= 11 is 0. The van der Waals surface area contributed by atoms with Crippen molar-refractivity contribution < 1.29 is 0 Å². The van der Waals surface area contributed by atoms with Crippen LogP contribution in [0.2, 0.25) is 0 Å². The molecule has 2 rings (SSSR count). The summed E-state index contributed by atoms with van der Waals surface area (Å²) in [5.74, 6) is 0. The predicted octanol–water partition coefficient (Wildman–Crippen LogP) is -1.59. The fourth-order valence-electron chi connectivity index (χ4n) is 3.01. The van der Waals surface area contributed by atoms with Crippen LogP contribution in [0.25, 0.3) is 0 Å². The zero-order valence-corrected chi connectivity index (χ0v) is 13.6. The van der Waals surface area contributed by atoms with Crippen LogP contribution in [-0.2, 0) is 0 Å². The van der Waals surface area contributed by atoms with Crippen molar-refractivity contribution in [3.63, 3.8) is 0 Å². The minimum Gasteiger partial charge on any atom is -0.315 e. The van der Waals surface area contributed by atoms with Crippen molar-refractivity contribution in [2.45, 2.75) is 25.4 Å². The quantitative estimate of drug-likeness (QED) is 0.331. The summed E-state index contributed by atoms with van der Waals surface area (Å²) in [6.45, 7) is 14.7. The third-order valence-electron chi connectivity index (χ3n) is 4.49. The largest absolute Gasteiger partial charge is 0.315 e. The van der Waals surface area contributed by atoms with Gasteiger partial charge in [0.25, 0.3) is 0 Å². The predicted molar refractivity (Wildman–Crippen MR) is 88.9 cm³/mol. The van der Waals surface area contributed by atoms with Gasteiger partial charge in [-0.25, -0.2) is 0 Å². The lowest BCUT2D eigenvalue weighted by atomic mass is 10.1. The molecule has 124 valence electrons. The van der Waals surface area contributed by atoms with Gasteiger partial charge in [-0.3, -0.25) is 4.90 Å². The summed E-state index contributed by atoms with van der Waals surface area (Å²) in [4.78, 5) is 2.53. The Bertz CT molecular complexity index is 251. The van der Waals surface area contributed by atoms with Gasteiger partial charge >= 0.3 is 0 Å². The van der Waals surface area contributed by atoms with E-state index in [1.54, 1.807) is 0 Å². The molecule has 0 spiro atoms. The molecular formula is C15H34N6. The van der Waals surface area contributed by atoms with Gasteiger partial charge in [0.2, 0.25) is 0 Å². The van der Waals surface area contributed by atoms with Gasteiger partial charge in [-0.05, 0) is 26.4 Å². The summed E-state index contributed by atoms with van der Waals surface area (Å²) in [5, 5.41) is 17.6. The Morgan fingerprint density at radius 2 is 1.90 bits per heavy atom. The second kappa shape index (κ2) is 10.5. The van der Waals surface area contributed by atoms with Crippen LogP contribution in [0.15, 0.2) is 0 Å². The van der Waals surface area contributed by atoms with Crippen molar-refractivity contribution in [1.82, 2.24) is 31.5 Å². The van der Waals surface area contributed by atoms with E-state index in [0.29, 0.717) is 12.1 Å². The highest BCUT2D eigenvalue weighted by molar-refractivity contribution is 4.84. The molecule has 0 aromatic heterocycles. The number of nitrogens with one attached hydrogen (secondary N) is 5. The van der Waals surface area contributed by atoms with Crippen LogP contribution in [0, 0.1) is 0 Å². The molecule has 0 saturated carbocycles. The first-order valence-corrected chi connectivity index (χ1v) is 8.67. The van der Waals surface area contributed by atoms with E-state index in [2.05, 4.69) is 38.4 Å². The van der Waals surface area contributed by atoms with Crippen molar-refractivity contribution in [2.24, 2.45) is 0 Å². The van der Waals surface area contributed by atoms with Crippen LogP contribution < -0.4 is 26.6 Å². The molecule has 2 unspecified atom stereocenters. The Balaban J connectivity index is 1.39. The molecule has 0 radical (unpaired) electrons. The third kappa shape index (κ3) is 7.04. The van der Waals surface area contributed by atoms with Gasteiger partial charge in [0.15, 0.2) is 0 Å². The zero-order valence-electron chi connectivity index (χ0n) is 13.6. The van der Waals surface area contributed by atoms with E-state index in [1.165, 1.54) is 26.1 Å². The topological polar surface area (TPSA) is 63.4 Å². The van der Waals surface area contributed by atoms with E-state index in [1.807, 2.05) is 0 Å². The van der Waals surface area contributed by atoms with Gasteiger partial charge in [0.1, 0.15) is 0 Å². The van der Waals surface area contributed by atoms with E-state index in [4.69, 9.17) is 0 Å². The van der Waals surface area contributed by atoms with Gasteiger partial charge in [-0.15, -0.1) is 0 Å². The summed E-state index contributed by atoms with van der Waals surface area (Å²) in [5.41, 5.74) is 0. The van der Waals surface area contributed by atoms with Gasteiger partial charge in [0, 0.05) is 71.0 Å². The Kier molecular flexibility index (Phi) is 8.54. The summed E-state index contributed by atoms with van der Waals surface area (Å²) < 4.78 is 0. The van der Waals surface area contributed by atoms with Gasteiger partial charge in [-0.2, -0.15) is 0 Å². The Morgan fingerprint density at radius 1 is 1.05 bits per heavy atom. The maximum absolute atomic E-state index is 3.63. The minimum absolute atomic E-state index is 0.540. The molecule has 2 fully saturated rings. The number of hydrogen-bond acceptors (Lipinski definition) is 6. The fraction of sp³-hybridized carbons (Fsp3) is 1.00. The molecule has 2 atom stereocenters. The Hall–Kier alpha value is -0.240. The normalized spacial score (nSPS) is 25.9. The molecule has 0 amide bonds. The van der Waals surface area contributed by atoms with E-state index in [-0.39, 0.29) is 0 Å². The van der Waals surface area contributed by atoms with E-state index in [0.717, 1.165) is 52.4 Å². The van der Waals surface area contributed by atoms with Crippen LogP contribution in [-0.4, -0.2) is 89.0 Å². The maximum Gasteiger partial charge on any atom is 0.0344 e. The lowest BCUT2D eigenvalue weighted by Gasteiger charge is -2.30. The molecule has 21 heavy (non-hydrogen) atoms. The first kappa shape index (κ1) is 17.1. The Labute approximate surface area is 129 Å². The average molecular weight is 298 g/mol. The highest BCUT2D eigenvalue weighted by Gasteiger charge is 2.18. The van der Waals surface area contributed by atoms with Crippen LogP contribution in [0.5, 0.6) is 0 Å². The lowest BCUT2D eigenvalue weighted by Crippen LogP contribution is -2.57. The second-order valence-electron chi connectivity index (χ2n) is 6.20. The van der Waals surface area contributed by atoms with Crippen LogP contribution in [0.3, 0.4) is 0 Å². The summed E-state index contributed by atoms with van der Waals surface area (Å²) in [7, 11) is 0. The van der Waals surface area contributed by atoms with Crippen LogP contribution in [0.1, 0.15) is 13.3 Å². The second-order valence-corrected chi connectivity index (χ2v) is 6.20. The molecule has 2 aliphatic rings. The van der Waals surface area contributed by atoms with E-state index < -0.39 is 0 Å². The van der Waals surface area contributed by atoms with Crippen LogP contribution in [0.4, 0.5) is 0 Å². The Morgan fingerprint density at radius 3 is 2.67 bits per heavy atom. The van der Waals surface area contributed by atoms with E-state index >= 15 is 0 Å². The standard InChI is InChI=1S/C15H34N6/c1-14(15-13-18-5-6-20-15)19-4-2-3-16-7-10-21-11-8-17-9-12-21/h14-20H,2-13H2,1H3. The van der Waals surface area contributed by atoms with Crippen molar-refractivity contribution in [2.75, 3.05) is 72.0 Å². The summed E-state index contributed by atoms with van der Waals surface area (Å²) in [6.07, 6.45) is 1.20. The number of rotatable bonds is 9. The summed E-state index contributed by atoms with van der Waals surface area (Å²) in [6, 6.07) is 1.11. The molecule has 5 N–H and O–H groups in total. The van der Waals surface area contributed by atoms with Crippen molar-refractivity contribution in [1.29, 1.82) is 0 Å². The van der Waals surface area contributed by atoms with E-state index in [9.17, 15) is 0 Å². The average Bonchev–Trinajstić information content (AvgIpc) is 2.55. The van der Waals surface area contributed by atoms with Gasteiger partial charge < -0.3 is 26.6 Å². The van der Waals surface area contributed by atoms with Crippen molar-refractivity contribution >= 4 is 0 Å². The monoisotopic (exact) mass is 298 g/mol. The fourth-order valence-corrected chi connectivity index (χ4v) is 3.01. The zero-order chi connectivity index (χ0) is 14.8. The first-order valence-electron chi connectivity index (χ1n) is 8.67. The lowest BCUT2D eigenvalue weighted by molar-refractivity contribution is 0.241. The molecule has 0 aliphatic carbocycles. The SMILES string of the molecule is CC(NCCCNCCN1CCNCC1)C1CNCCN1. The number of hydrogen-bond donors (Lipinski definition) is 5. The molecule has 2 heterocycles. The molecule has 2 aliphatic heterocycles. The minimum atomic E-state index is 0.540. The molecule has 6 heteroatoms. The molecule has 2 saturated heterocycles. The molecule has 0 aromatic rings. The highest BCUT2D eigenvalue weighted by Crippen LogP contribution is 1.95. The van der Waals surface area contributed by atoms with Crippen molar-refractivity contribution in [3.05, 3.63) is 0 Å². The van der Waals surface area contributed by atoms with Crippen LogP contribution >= 0.6 is 0 Å². The molecular weight excluding hydrogens is 264 g/mol. The van der Waals surface area contributed by atoms with Gasteiger partial charge in [-0.1, -0.05) is 0 Å². The first-order chi connectivity index (χ1) is 10.4. The highest BCUT2D eigenvalue weighted by atomic mass is 15.2. The van der Waals surface area contributed by atoms with Crippen molar-refractivity contribution in [3.8, 4) is 0 Å². The third-order valence-corrected chi connectivity index (χ3v) is 4.49. The molecule has 0 bridgehead atoms. The number of nitrogens with zero attached hydrogens (tertiary/aromatic N) is 1. The maximum atomic E-state index is 3.63. The van der Waals surface area contributed by atoms with Gasteiger partial charge in [0.05, 0.1) is 0 Å². The molecule has 0 aromatic carbocycles. The number of piperazine rings is 2. The molecule has 6 nitrogen and oxygen atoms in total.